The fraction of sp³-hybridized carbons (Fsp3) is 0.389. The van der Waals surface area contributed by atoms with Gasteiger partial charge in [0.05, 0.1) is 20.3 Å². The number of methoxy groups -OCH3 is 1. The second-order valence-electron chi connectivity index (χ2n) is 6.68. The maximum atomic E-state index is 12.8. The summed E-state index contributed by atoms with van der Waals surface area (Å²) in [5.74, 6) is -0.0397. The Morgan fingerprint density at radius 2 is 2.10 bits per heavy atom. The van der Waals surface area contributed by atoms with E-state index in [9.17, 15) is 14.2 Å². The lowest BCUT2D eigenvalue weighted by molar-refractivity contribution is -0.142. The predicted octanol–water partition coefficient (Wildman–Crippen LogP) is 0.513. The van der Waals surface area contributed by atoms with Crippen LogP contribution >= 0.6 is 7.60 Å². The molecule has 1 aliphatic rings. The van der Waals surface area contributed by atoms with Crippen LogP contribution in [0.1, 0.15) is 5.56 Å². The Labute approximate surface area is 172 Å². The molecule has 162 valence electrons. The van der Waals surface area contributed by atoms with E-state index in [1.807, 2.05) is 0 Å². The monoisotopic (exact) mass is 438 g/mol. The van der Waals surface area contributed by atoms with E-state index >= 15 is 0 Å². The van der Waals surface area contributed by atoms with E-state index in [4.69, 9.17) is 25.3 Å². The lowest BCUT2D eigenvalue weighted by Crippen LogP contribution is -2.35. The third-order valence-electron chi connectivity index (χ3n) is 4.35. The molecule has 12 heteroatoms. The zero-order valence-corrected chi connectivity index (χ0v) is 17.2. The number of hydrogen-bond donors (Lipinski definition) is 2. The van der Waals surface area contributed by atoms with Crippen LogP contribution in [0.25, 0.3) is 0 Å². The van der Waals surface area contributed by atoms with Gasteiger partial charge in [-0.05, 0) is 30.2 Å². The van der Waals surface area contributed by atoms with Gasteiger partial charge in [0.25, 0.3) is 0 Å². The van der Waals surface area contributed by atoms with Crippen LogP contribution < -0.4 is 21.7 Å². The van der Waals surface area contributed by atoms with Crippen LogP contribution in [-0.2, 0) is 36.3 Å². The molecule has 1 aromatic carbocycles. The van der Waals surface area contributed by atoms with Gasteiger partial charge < -0.3 is 25.5 Å². The first kappa shape index (κ1) is 22.0. The maximum absolute atomic E-state index is 12.8. The van der Waals surface area contributed by atoms with E-state index < -0.39 is 31.4 Å². The van der Waals surface area contributed by atoms with Crippen molar-refractivity contribution in [3.05, 3.63) is 52.6 Å². The summed E-state index contributed by atoms with van der Waals surface area (Å²) >= 11 is 0. The highest BCUT2D eigenvalue weighted by Gasteiger charge is 2.34. The zero-order valence-electron chi connectivity index (χ0n) is 16.3. The molecule has 4 N–H and O–H groups in total. The fourth-order valence-corrected chi connectivity index (χ4v) is 4.18. The molecule has 0 aliphatic carbocycles. The number of carbonyl (C=O) groups is 1. The molecule has 1 aliphatic heterocycles. The van der Waals surface area contributed by atoms with E-state index in [2.05, 4.69) is 9.72 Å². The van der Waals surface area contributed by atoms with E-state index in [-0.39, 0.29) is 25.3 Å². The molecule has 1 fully saturated rings. The number of anilines is 1. The van der Waals surface area contributed by atoms with Gasteiger partial charge in [0.1, 0.15) is 23.7 Å². The Bertz CT molecular complexity index is 983. The normalized spacial score (nSPS) is 22.3. The molecule has 1 saturated heterocycles. The van der Waals surface area contributed by atoms with Crippen molar-refractivity contribution in [2.24, 2.45) is 5.73 Å². The third kappa shape index (κ3) is 5.67. The largest absolute Gasteiger partial charge is 0.468 e. The van der Waals surface area contributed by atoms with Gasteiger partial charge in [0.15, 0.2) is 6.35 Å². The number of nitrogen functional groups attached to an aromatic ring is 1. The molecule has 0 bridgehead atoms. The Morgan fingerprint density at radius 3 is 2.70 bits per heavy atom. The summed E-state index contributed by atoms with van der Waals surface area (Å²) in [6, 6.07) is 7.36. The van der Waals surface area contributed by atoms with E-state index in [0.717, 1.165) is 5.56 Å². The van der Waals surface area contributed by atoms with Crippen molar-refractivity contribution in [3.8, 4) is 5.75 Å². The average Bonchev–Trinajstić information content (AvgIpc) is 2.72. The van der Waals surface area contributed by atoms with Gasteiger partial charge in [-0.15, -0.1) is 0 Å². The van der Waals surface area contributed by atoms with Gasteiger partial charge in [0, 0.05) is 6.20 Å². The van der Waals surface area contributed by atoms with Gasteiger partial charge in [-0.3, -0.25) is 13.9 Å². The van der Waals surface area contributed by atoms with Crippen molar-refractivity contribution in [3.63, 3.8) is 0 Å². The number of rotatable bonds is 7. The van der Waals surface area contributed by atoms with Gasteiger partial charge in [0.2, 0.25) is 0 Å². The molecule has 11 nitrogen and oxygen atoms in total. The van der Waals surface area contributed by atoms with Crippen molar-refractivity contribution in [2.75, 3.05) is 25.8 Å². The minimum Gasteiger partial charge on any atom is -0.468 e. The van der Waals surface area contributed by atoms with Crippen molar-refractivity contribution >= 4 is 19.4 Å². The van der Waals surface area contributed by atoms with Crippen LogP contribution in [0.2, 0.25) is 0 Å². The van der Waals surface area contributed by atoms with Crippen molar-refractivity contribution in [1.82, 2.24) is 9.55 Å². The summed E-state index contributed by atoms with van der Waals surface area (Å²) in [5.41, 5.74) is 11.5. The number of nitrogens with two attached hydrogens (primary N) is 2. The van der Waals surface area contributed by atoms with E-state index in [1.165, 1.54) is 23.9 Å². The Kier molecular flexibility index (Phi) is 6.88. The second kappa shape index (κ2) is 9.40. The molecule has 3 rings (SSSR count). The van der Waals surface area contributed by atoms with E-state index in [1.54, 1.807) is 24.3 Å². The topological polar surface area (TPSA) is 158 Å². The van der Waals surface area contributed by atoms with Gasteiger partial charge in [-0.1, -0.05) is 12.1 Å². The average molecular weight is 438 g/mol. The van der Waals surface area contributed by atoms with Crippen LogP contribution in [0.5, 0.6) is 5.75 Å². The molecule has 0 spiro atoms. The molecule has 0 radical (unpaired) electrons. The molecular formula is C18H23N4O7P. The number of nitrogens with zero attached hydrogens (tertiary/aromatic N) is 2. The summed E-state index contributed by atoms with van der Waals surface area (Å²) in [5, 5.41) is 0. The minimum absolute atomic E-state index is 0.0137. The lowest BCUT2D eigenvalue weighted by atomic mass is 10.1. The highest BCUT2D eigenvalue weighted by molar-refractivity contribution is 7.54. The summed E-state index contributed by atoms with van der Waals surface area (Å²) in [6.45, 7) is 0.168. The van der Waals surface area contributed by atoms with Crippen LogP contribution in [-0.4, -0.2) is 47.7 Å². The van der Waals surface area contributed by atoms with Gasteiger partial charge in [-0.2, -0.15) is 4.98 Å². The summed E-state index contributed by atoms with van der Waals surface area (Å²) in [4.78, 5) is 26.8. The molecule has 2 aromatic rings. The fourth-order valence-electron chi connectivity index (χ4n) is 2.77. The number of carbonyl (C=O) groups excluding carboxylic acids is 1. The second-order valence-corrected chi connectivity index (χ2v) is 8.60. The smallest absolute Gasteiger partial charge is 0.404 e. The number of esters is 1. The van der Waals surface area contributed by atoms with Gasteiger partial charge >= 0.3 is 19.3 Å². The van der Waals surface area contributed by atoms with Crippen LogP contribution in [0.3, 0.4) is 0 Å². The number of aromatic nitrogens is 2. The molecule has 0 unspecified atom stereocenters. The SMILES string of the molecule is COC(=O)[C@@H](N)Cc1ccc(O[P@@]2(=O)CO[C@@H](Cn3ccc(N)nc3=O)CO2)cc1. The number of benzene rings is 1. The highest BCUT2D eigenvalue weighted by atomic mass is 31.2. The van der Waals surface area contributed by atoms with Crippen molar-refractivity contribution < 1.29 is 27.9 Å². The Hall–Kier alpha value is -2.72. The van der Waals surface area contributed by atoms with Crippen LogP contribution in [0.15, 0.2) is 41.3 Å². The summed E-state index contributed by atoms with van der Waals surface area (Å²) < 4.78 is 35.2. The molecule has 1 aromatic heterocycles. The van der Waals surface area contributed by atoms with Crippen molar-refractivity contribution in [2.45, 2.75) is 25.1 Å². The molecule has 2 heterocycles. The first-order valence-electron chi connectivity index (χ1n) is 9.08. The summed E-state index contributed by atoms with van der Waals surface area (Å²) in [6.07, 6.45) is 1.06. The molecular weight excluding hydrogens is 415 g/mol. The summed E-state index contributed by atoms with van der Waals surface area (Å²) in [7, 11) is -2.23. The lowest BCUT2D eigenvalue weighted by Gasteiger charge is -2.29. The minimum atomic E-state index is -3.50. The molecule has 0 amide bonds. The highest BCUT2D eigenvalue weighted by Crippen LogP contribution is 2.50. The quantitative estimate of drug-likeness (QED) is 0.461. The molecule has 0 saturated carbocycles. The standard InChI is InChI=1S/C18H23N4O7P/c1-26-17(23)15(19)8-12-2-4-13(5-3-12)29-30(25)11-27-14(10-28-30)9-22-7-6-16(20)21-18(22)24/h2-7,14-15H,8-11,19H2,1H3,(H2,20,21,24)/t14-,15-,30+/m0/s1. The molecule has 30 heavy (non-hydrogen) atoms. The molecule has 3 atom stereocenters. The van der Waals surface area contributed by atoms with E-state index in [0.29, 0.717) is 12.2 Å². The first-order chi connectivity index (χ1) is 14.3. The van der Waals surface area contributed by atoms with Crippen molar-refractivity contribution in [1.29, 1.82) is 0 Å². The Morgan fingerprint density at radius 1 is 1.37 bits per heavy atom. The first-order valence-corrected chi connectivity index (χ1v) is 10.8. The number of hydrogen-bond acceptors (Lipinski definition) is 10. The van der Waals surface area contributed by atoms with Gasteiger partial charge in [-0.25, -0.2) is 9.36 Å². The van der Waals surface area contributed by atoms with Crippen LogP contribution in [0.4, 0.5) is 5.82 Å². The Balaban J connectivity index is 1.53. The zero-order chi connectivity index (χ0) is 21.7. The maximum Gasteiger partial charge on any atom is 0.404 e. The number of ether oxygens (including phenoxy) is 2. The third-order valence-corrected chi connectivity index (χ3v) is 5.85. The van der Waals surface area contributed by atoms with Crippen LogP contribution in [0, 0.1) is 0 Å². The predicted molar refractivity (Wildman–Crippen MR) is 107 cm³/mol.